The van der Waals surface area contributed by atoms with Crippen LogP contribution in [0.4, 0.5) is 0 Å². The Bertz CT molecular complexity index is 1280. The van der Waals surface area contributed by atoms with E-state index in [1.807, 2.05) is 47.0 Å². The summed E-state index contributed by atoms with van der Waals surface area (Å²) in [7, 11) is 0. The van der Waals surface area contributed by atoms with Crippen molar-refractivity contribution < 1.29 is 4.79 Å². The predicted molar refractivity (Wildman–Crippen MR) is 118 cm³/mol. The maximum Gasteiger partial charge on any atom is 0.234 e. The van der Waals surface area contributed by atoms with Gasteiger partial charge in [-0.1, -0.05) is 36.4 Å². The zero-order valence-corrected chi connectivity index (χ0v) is 17.0. The summed E-state index contributed by atoms with van der Waals surface area (Å²) in [6.07, 6.45) is 7.40. The lowest BCUT2D eigenvalue weighted by atomic mass is 9.89. The Kier molecular flexibility index (Phi) is 5.03. The van der Waals surface area contributed by atoms with Gasteiger partial charge in [-0.05, 0) is 43.6 Å². The number of carbonyl (C=O) groups is 1. The molecule has 31 heavy (non-hydrogen) atoms. The molecule has 3 heterocycles. The lowest BCUT2D eigenvalue weighted by molar-refractivity contribution is 0.0895. The van der Waals surface area contributed by atoms with Crippen LogP contribution in [0.15, 0.2) is 67.1 Å². The predicted octanol–water partition coefficient (Wildman–Crippen LogP) is 4.12. The second-order valence-electron chi connectivity index (χ2n) is 7.81. The summed E-state index contributed by atoms with van der Waals surface area (Å²) in [5.41, 5.74) is 5.21. The number of imidazole rings is 1. The van der Waals surface area contributed by atoms with Crippen molar-refractivity contribution in [3.05, 3.63) is 78.2 Å². The molecule has 0 aliphatic carbocycles. The Balaban J connectivity index is 1.45. The highest BCUT2D eigenvalue weighted by Crippen LogP contribution is 2.26. The third-order valence-corrected chi connectivity index (χ3v) is 5.89. The molecule has 0 bridgehead atoms. The summed E-state index contributed by atoms with van der Waals surface area (Å²) in [6, 6.07) is 17.4. The van der Waals surface area contributed by atoms with Crippen LogP contribution < -0.4 is 5.32 Å². The van der Waals surface area contributed by atoms with E-state index in [2.05, 4.69) is 21.4 Å². The van der Waals surface area contributed by atoms with E-state index in [0.29, 0.717) is 11.3 Å². The first-order valence-corrected chi connectivity index (χ1v) is 10.4. The lowest BCUT2D eigenvalue weighted by Gasteiger charge is -2.21. The molecular weight excluding hydrogens is 386 g/mol. The number of ketones is 1. The van der Waals surface area contributed by atoms with Crippen molar-refractivity contribution >= 4 is 11.6 Å². The van der Waals surface area contributed by atoms with Gasteiger partial charge in [-0.25, -0.2) is 9.97 Å². The Hall–Kier alpha value is -3.82. The first-order valence-electron chi connectivity index (χ1n) is 10.4. The van der Waals surface area contributed by atoms with Crippen molar-refractivity contribution in [1.29, 1.82) is 5.26 Å². The van der Waals surface area contributed by atoms with Gasteiger partial charge in [0.2, 0.25) is 5.78 Å². The van der Waals surface area contributed by atoms with Gasteiger partial charge in [0, 0.05) is 35.0 Å². The number of Topliss-reactive ketones (excluding diaryl/α,β-unsaturated/α-hetero) is 1. The van der Waals surface area contributed by atoms with Crippen LogP contribution in [0.1, 0.15) is 28.8 Å². The topological polar surface area (TPSA) is 83.1 Å². The molecule has 1 fully saturated rings. The molecule has 1 saturated heterocycles. The number of piperidine rings is 1. The van der Waals surface area contributed by atoms with E-state index in [9.17, 15) is 4.79 Å². The molecule has 152 valence electrons. The maximum atomic E-state index is 12.8. The summed E-state index contributed by atoms with van der Waals surface area (Å²) >= 11 is 0. The first kappa shape index (κ1) is 19.2. The number of nitrogens with one attached hydrogen (secondary N) is 1. The van der Waals surface area contributed by atoms with Crippen LogP contribution in [-0.2, 0) is 0 Å². The van der Waals surface area contributed by atoms with Gasteiger partial charge >= 0.3 is 0 Å². The van der Waals surface area contributed by atoms with Crippen molar-refractivity contribution in [2.24, 2.45) is 5.92 Å². The average molecular weight is 407 g/mol. The largest absolute Gasteiger partial charge is 0.317 e. The molecule has 0 radical (unpaired) electrons. The van der Waals surface area contributed by atoms with Gasteiger partial charge in [0.15, 0.2) is 5.78 Å². The summed E-state index contributed by atoms with van der Waals surface area (Å²) in [5.74, 6) is 0.964. The summed E-state index contributed by atoms with van der Waals surface area (Å²) in [6.45, 7) is 1.82. The fourth-order valence-corrected chi connectivity index (χ4v) is 4.10. The zero-order valence-electron chi connectivity index (χ0n) is 17.0. The highest BCUT2D eigenvalue weighted by Gasteiger charge is 2.22. The zero-order chi connectivity index (χ0) is 21.2. The van der Waals surface area contributed by atoms with E-state index in [4.69, 9.17) is 5.26 Å². The van der Waals surface area contributed by atoms with Gasteiger partial charge in [-0.3, -0.25) is 9.20 Å². The fraction of sp³-hybridized carbons (Fsp3) is 0.200. The third-order valence-electron chi connectivity index (χ3n) is 5.89. The summed E-state index contributed by atoms with van der Waals surface area (Å²) in [4.78, 5) is 21.7. The molecule has 0 atom stereocenters. The Morgan fingerprint density at radius 2 is 1.61 bits per heavy atom. The van der Waals surface area contributed by atoms with E-state index in [1.165, 1.54) is 0 Å². The Labute approximate surface area is 180 Å². The number of nitriles is 1. The van der Waals surface area contributed by atoms with Crippen LogP contribution in [0.2, 0.25) is 0 Å². The molecule has 0 amide bonds. The molecule has 2 aromatic carbocycles. The van der Waals surface area contributed by atoms with Gasteiger partial charge in [0.25, 0.3) is 0 Å². The van der Waals surface area contributed by atoms with E-state index in [-0.39, 0.29) is 11.7 Å². The molecule has 0 unspecified atom stereocenters. The maximum absolute atomic E-state index is 12.8. The van der Waals surface area contributed by atoms with Crippen molar-refractivity contribution in [1.82, 2.24) is 19.7 Å². The van der Waals surface area contributed by atoms with Gasteiger partial charge in [0.05, 0.1) is 23.5 Å². The van der Waals surface area contributed by atoms with Crippen LogP contribution >= 0.6 is 0 Å². The van der Waals surface area contributed by atoms with Crippen LogP contribution in [-0.4, -0.2) is 33.2 Å². The van der Waals surface area contributed by atoms with E-state index in [1.54, 1.807) is 24.5 Å². The summed E-state index contributed by atoms with van der Waals surface area (Å²) < 4.78 is 1.95. The minimum atomic E-state index is 0.117. The number of nitrogens with zero attached hydrogens (tertiary/aromatic N) is 4. The number of aromatic nitrogens is 3. The number of rotatable bonds is 4. The molecule has 1 N–H and O–H groups in total. The Morgan fingerprint density at radius 1 is 0.935 bits per heavy atom. The van der Waals surface area contributed by atoms with Crippen molar-refractivity contribution in [2.45, 2.75) is 12.8 Å². The number of carbonyl (C=O) groups excluding carboxylic acids is 1. The Morgan fingerprint density at radius 3 is 2.32 bits per heavy atom. The highest BCUT2D eigenvalue weighted by molar-refractivity contribution is 5.98. The van der Waals surface area contributed by atoms with Crippen LogP contribution in [0.25, 0.3) is 28.2 Å². The van der Waals surface area contributed by atoms with E-state index < -0.39 is 0 Å². The molecule has 6 nitrogen and oxygen atoms in total. The number of fused-ring (bicyclic) bond motifs is 1. The van der Waals surface area contributed by atoms with Crippen molar-refractivity contribution in [3.8, 4) is 28.5 Å². The highest BCUT2D eigenvalue weighted by atomic mass is 16.1. The second-order valence-corrected chi connectivity index (χ2v) is 7.81. The first-order chi connectivity index (χ1) is 15.2. The van der Waals surface area contributed by atoms with E-state index in [0.717, 1.165) is 53.9 Å². The molecule has 0 saturated carbocycles. The van der Waals surface area contributed by atoms with Gasteiger partial charge in [-0.15, -0.1) is 0 Å². The molecule has 0 spiro atoms. The average Bonchev–Trinajstić information content (AvgIpc) is 3.27. The minimum Gasteiger partial charge on any atom is -0.317 e. The van der Waals surface area contributed by atoms with Gasteiger partial charge in [0.1, 0.15) is 0 Å². The molecular formula is C25H21N5O. The van der Waals surface area contributed by atoms with Crippen molar-refractivity contribution in [3.63, 3.8) is 0 Å². The van der Waals surface area contributed by atoms with Crippen LogP contribution in [0.3, 0.4) is 0 Å². The molecule has 2 aromatic heterocycles. The van der Waals surface area contributed by atoms with Gasteiger partial charge < -0.3 is 5.32 Å². The van der Waals surface area contributed by atoms with Crippen LogP contribution in [0, 0.1) is 17.2 Å². The smallest absolute Gasteiger partial charge is 0.234 e. The SMILES string of the molecule is N#Cc1ccc(-c2cnc3ncc(-c4ccc(C(=O)C5CCNCC5)cc4)cn23)cc1. The quantitative estimate of drug-likeness (QED) is 0.515. The van der Waals surface area contributed by atoms with E-state index >= 15 is 0 Å². The number of hydrogen-bond acceptors (Lipinski definition) is 5. The molecule has 5 rings (SSSR count). The number of hydrogen-bond donors (Lipinski definition) is 1. The molecule has 1 aliphatic heterocycles. The molecule has 4 aromatic rings. The molecule has 6 heteroatoms. The van der Waals surface area contributed by atoms with Gasteiger partial charge in [-0.2, -0.15) is 5.26 Å². The monoisotopic (exact) mass is 407 g/mol. The molecule has 1 aliphatic rings. The minimum absolute atomic E-state index is 0.117. The van der Waals surface area contributed by atoms with Crippen molar-refractivity contribution in [2.75, 3.05) is 13.1 Å². The van der Waals surface area contributed by atoms with Crippen LogP contribution in [0.5, 0.6) is 0 Å². The fourth-order valence-electron chi connectivity index (χ4n) is 4.10. The standard InChI is InChI=1S/C25H21N5O/c26-13-17-1-3-19(4-2-17)23-15-29-25-28-14-22(16-30(23)25)18-5-7-20(8-6-18)24(31)21-9-11-27-12-10-21/h1-8,14-16,21,27H,9-12H2. The number of benzene rings is 2. The summed E-state index contributed by atoms with van der Waals surface area (Å²) in [5, 5.41) is 12.3. The third kappa shape index (κ3) is 3.72. The second kappa shape index (κ2) is 8.13. The normalized spacial score (nSPS) is 14.4. The lowest BCUT2D eigenvalue weighted by Crippen LogP contribution is -2.31.